The van der Waals surface area contributed by atoms with Gasteiger partial charge >= 0.3 is 5.97 Å². The van der Waals surface area contributed by atoms with Crippen molar-refractivity contribution in [1.29, 1.82) is 0 Å². The van der Waals surface area contributed by atoms with Gasteiger partial charge in [0, 0.05) is 13.1 Å². The molecular formula is C17H18N2O5. The lowest BCUT2D eigenvalue weighted by Crippen LogP contribution is -2.13. The van der Waals surface area contributed by atoms with E-state index in [2.05, 4.69) is 5.32 Å². The van der Waals surface area contributed by atoms with E-state index in [1.807, 2.05) is 31.2 Å². The second-order valence-corrected chi connectivity index (χ2v) is 5.04. The second kappa shape index (κ2) is 7.96. The molecule has 0 aliphatic heterocycles. The minimum absolute atomic E-state index is 0.0500. The van der Waals surface area contributed by atoms with Crippen molar-refractivity contribution >= 4 is 17.3 Å². The van der Waals surface area contributed by atoms with Crippen molar-refractivity contribution in [2.45, 2.75) is 6.92 Å². The molecule has 7 nitrogen and oxygen atoms in total. The van der Waals surface area contributed by atoms with Crippen molar-refractivity contribution in [3.05, 3.63) is 63.7 Å². The summed E-state index contributed by atoms with van der Waals surface area (Å²) in [6.07, 6.45) is 0. The maximum absolute atomic E-state index is 12.0. The second-order valence-electron chi connectivity index (χ2n) is 5.04. The maximum atomic E-state index is 12.0. The van der Waals surface area contributed by atoms with Crippen LogP contribution in [0.1, 0.15) is 15.9 Å². The van der Waals surface area contributed by atoms with Gasteiger partial charge in [0.05, 0.1) is 10.5 Å². The van der Waals surface area contributed by atoms with Crippen LogP contribution in [0.3, 0.4) is 0 Å². The zero-order valence-electron chi connectivity index (χ0n) is 13.4. The first-order valence-corrected chi connectivity index (χ1v) is 7.34. The highest BCUT2D eigenvalue weighted by molar-refractivity contribution is 5.91. The molecular weight excluding hydrogens is 312 g/mol. The van der Waals surface area contributed by atoms with E-state index in [4.69, 9.17) is 9.47 Å². The lowest BCUT2D eigenvalue weighted by Gasteiger charge is -2.08. The third-order valence-electron chi connectivity index (χ3n) is 3.27. The normalized spacial score (nSPS) is 10.1. The third-order valence-corrected chi connectivity index (χ3v) is 3.27. The average Bonchev–Trinajstić information content (AvgIpc) is 2.58. The van der Waals surface area contributed by atoms with Gasteiger partial charge in [0.25, 0.3) is 5.69 Å². The SMILES string of the molecule is CNc1ccc(C(=O)OCCOc2cccc(C)c2)cc1[N+](=O)[O-]. The Kier molecular flexibility index (Phi) is 5.73. The molecule has 0 radical (unpaired) electrons. The molecule has 2 aromatic carbocycles. The molecule has 0 heterocycles. The van der Waals surface area contributed by atoms with Crippen LogP contribution in [0.5, 0.6) is 5.75 Å². The zero-order chi connectivity index (χ0) is 17.5. The summed E-state index contributed by atoms with van der Waals surface area (Å²) in [5.74, 6) is 0.0636. The van der Waals surface area contributed by atoms with Gasteiger partial charge in [0.1, 0.15) is 24.7 Å². The van der Waals surface area contributed by atoms with Crippen LogP contribution in [0.25, 0.3) is 0 Å². The Morgan fingerprint density at radius 2 is 2.00 bits per heavy atom. The first kappa shape index (κ1) is 17.3. The fraction of sp³-hybridized carbons (Fsp3) is 0.235. The fourth-order valence-corrected chi connectivity index (χ4v) is 2.10. The summed E-state index contributed by atoms with van der Waals surface area (Å²) >= 11 is 0. The van der Waals surface area contributed by atoms with Crippen molar-refractivity contribution in [2.75, 3.05) is 25.6 Å². The minimum atomic E-state index is -0.631. The number of anilines is 1. The number of aryl methyl sites for hydroxylation is 1. The highest BCUT2D eigenvalue weighted by Crippen LogP contribution is 2.25. The predicted octanol–water partition coefficient (Wildman–Crippen LogP) is 3.18. The van der Waals surface area contributed by atoms with Gasteiger partial charge < -0.3 is 14.8 Å². The van der Waals surface area contributed by atoms with Crippen LogP contribution < -0.4 is 10.1 Å². The number of carbonyl (C=O) groups excluding carboxylic acids is 1. The Bertz CT molecular complexity index is 746. The number of nitrogens with one attached hydrogen (secondary N) is 1. The summed E-state index contributed by atoms with van der Waals surface area (Å²) in [6.45, 7) is 2.20. The zero-order valence-corrected chi connectivity index (χ0v) is 13.4. The van der Waals surface area contributed by atoms with Crippen LogP contribution in [0.2, 0.25) is 0 Å². The number of ether oxygens (including phenoxy) is 2. The highest BCUT2D eigenvalue weighted by atomic mass is 16.6. The Balaban J connectivity index is 1.90. The standard InChI is InChI=1S/C17H18N2O5/c1-12-4-3-5-14(10-12)23-8-9-24-17(20)13-6-7-15(18-2)16(11-13)19(21)22/h3-7,10-11,18H,8-9H2,1-2H3. The maximum Gasteiger partial charge on any atom is 0.338 e. The molecule has 0 amide bonds. The predicted molar refractivity (Wildman–Crippen MR) is 89.6 cm³/mol. The van der Waals surface area contributed by atoms with E-state index in [1.165, 1.54) is 18.2 Å². The van der Waals surface area contributed by atoms with Crippen LogP contribution in [0, 0.1) is 17.0 Å². The van der Waals surface area contributed by atoms with Crippen LogP contribution in [-0.2, 0) is 4.74 Å². The Labute approximate surface area is 139 Å². The van der Waals surface area contributed by atoms with Gasteiger partial charge in [-0.3, -0.25) is 10.1 Å². The number of nitro benzene ring substituents is 1. The van der Waals surface area contributed by atoms with E-state index in [9.17, 15) is 14.9 Å². The van der Waals surface area contributed by atoms with E-state index < -0.39 is 10.9 Å². The molecule has 0 atom stereocenters. The fourth-order valence-electron chi connectivity index (χ4n) is 2.10. The van der Waals surface area contributed by atoms with Crippen molar-refractivity contribution in [3.63, 3.8) is 0 Å². The number of esters is 1. The van der Waals surface area contributed by atoms with Gasteiger partial charge in [-0.1, -0.05) is 12.1 Å². The largest absolute Gasteiger partial charge is 0.490 e. The molecule has 0 unspecified atom stereocenters. The summed E-state index contributed by atoms with van der Waals surface area (Å²) in [7, 11) is 1.57. The van der Waals surface area contributed by atoms with Crippen molar-refractivity contribution in [1.82, 2.24) is 0 Å². The summed E-state index contributed by atoms with van der Waals surface area (Å²) in [5, 5.41) is 13.7. The van der Waals surface area contributed by atoms with E-state index in [0.717, 1.165) is 5.56 Å². The van der Waals surface area contributed by atoms with Crippen molar-refractivity contribution in [3.8, 4) is 5.75 Å². The molecule has 7 heteroatoms. The lowest BCUT2D eigenvalue weighted by molar-refractivity contribution is -0.384. The lowest BCUT2D eigenvalue weighted by atomic mass is 10.1. The number of benzene rings is 2. The molecule has 0 fully saturated rings. The number of carbonyl (C=O) groups is 1. The Hall–Kier alpha value is -3.09. The van der Waals surface area contributed by atoms with Crippen molar-refractivity contribution < 1.29 is 19.2 Å². The summed E-state index contributed by atoms with van der Waals surface area (Å²) in [6, 6.07) is 11.7. The molecule has 1 N–H and O–H groups in total. The van der Waals surface area contributed by atoms with Gasteiger partial charge in [0.15, 0.2) is 0 Å². The number of nitro groups is 1. The van der Waals surface area contributed by atoms with Gasteiger partial charge in [0.2, 0.25) is 0 Å². The van der Waals surface area contributed by atoms with Gasteiger partial charge in [-0.15, -0.1) is 0 Å². The molecule has 0 saturated heterocycles. The Morgan fingerprint density at radius 3 is 2.67 bits per heavy atom. The van der Waals surface area contributed by atoms with E-state index >= 15 is 0 Å². The van der Waals surface area contributed by atoms with Crippen molar-refractivity contribution in [2.24, 2.45) is 0 Å². The van der Waals surface area contributed by atoms with Gasteiger partial charge in [-0.25, -0.2) is 4.79 Å². The van der Waals surface area contributed by atoms with Crippen LogP contribution >= 0.6 is 0 Å². The molecule has 2 rings (SSSR count). The van der Waals surface area contributed by atoms with Crippen LogP contribution in [0.4, 0.5) is 11.4 Å². The van der Waals surface area contributed by atoms with E-state index in [1.54, 1.807) is 7.05 Å². The molecule has 0 bridgehead atoms. The monoisotopic (exact) mass is 330 g/mol. The Morgan fingerprint density at radius 1 is 1.21 bits per heavy atom. The van der Waals surface area contributed by atoms with Gasteiger partial charge in [-0.2, -0.15) is 0 Å². The van der Waals surface area contributed by atoms with Crippen LogP contribution in [0.15, 0.2) is 42.5 Å². The number of hydrogen-bond acceptors (Lipinski definition) is 6. The molecule has 126 valence electrons. The number of rotatable bonds is 7. The molecule has 2 aromatic rings. The van der Waals surface area contributed by atoms with Crippen LogP contribution in [-0.4, -0.2) is 31.2 Å². The molecule has 0 aliphatic rings. The third kappa shape index (κ3) is 4.45. The highest BCUT2D eigenvalue weighted by Gasteiger charge is 2.17. The summed E-state index contributed by atoms with van der Waals surface area (Å²) in [5.41, 5.74) is 1.35. The quantitative estimate of drug-likeness (QED) is 0.363. The molecule has 0 aromatic heterocycles. The summed E-state index contributed by atoms with van der Waals surface area (Å²) < 4.78 is 10.6. The molecule has 24 heavy (non-hydrogen) atoms. The number of hydrogen-bond donors (Lipinski definition) is 1. The molecule has 0 spiro atoms. The van der Waals surface area contributed by atoms with Gasteiger partial charge in [-0.05, 0) is 36.8 Å². The first-order valence-electron chi connectivity index (χ1n) is 7.34. The van der Waals surface area contributed by atoms with E-state index in [0.29, 0.717) is 11.4 Å². The number of nitrogens with zero attached hydrogens (tertiary/aromatic N) is 1. The molecule has 0 saturated carbocycles. The summed E-state index contributed by atoms with van der Waals surface area (Å²) in [4.78, 5) is 22.4. The van der Waals surface area contributed by atoms with E-state index in [-0.39, 0.29) is 24.5 Å². The first-order chi connectivity index (χ1) is 11.5. The molecule has 0 aliphatic carbocycles. The topological polar surface area (TPSA) is 90.7 Å². The average molecular weight is 330 g/mol. The minimum Gasteiger partial charge on any atom is -0.490 e. The smallest absolute Gasteiger partial charge is 0.338 e.